The van der Waals surface area contributed by atoms with E-state index in [4.69, 9.17) is 21.1 Å². The van der Waals surface area contributed by atoms with Crippen LogP contribution in [0.4, 0.5) is 0 Å². The zero-order valence-corrected chi connectivity index (χ0v) is 12.6. The van der Waals surface area contributed by atoms with E-state index < -0.39 is 0 Å². The second-order valence-electron chi connectivity index (χ2n) is 4.57. The SMILES string of the molecule is C=CCCOc1c(Cl)cc(CNC(C)C)cc1OC. The molecule has 0 unspecified atom stereocenters. The third-order valence-corrected chi connectivity index (χ3v) is 2.85. The zero-order valence-electron chi connectivity index (χ0n) is 11.8. The topological polar surface area (TPSA) is 30.5 Å². The van der Waals surface area contributed by atoms with Gasteiger partial charge in [0.05, 0.1) is 18.7 Å². The zero-order chi connectivity index (χ0) is 14.3. The second kappa shape index (κ2) is 8.08. The van der Waals surface area contributed by atoms with Crippen LogP contribution in [0, 0.1) is 0 Å². The maximum atomic E-state index is 6.25. The van der Waals surface area contributed by atoms with Crippen LogP contribution in [-0.2, 0) is 6.54 Å². The summed E-state index contributed by atoms with van der Waals surface area (Å²) in [6.07, 6.45) is 2.58. The molecule has 3 nitrogen and oxygen atoms in total. The summed E-state index contributed by atoms with van der Waals surface area (Å²) in [5.74, 6) is 1.26. The molecule has 0 bridgehead atoms. The Hall–Kier alpha value is -1.19. The molecule has 0 aromatic heterocycles. The van der Waals surface area contributed by atoms with Crippen LogP contribution < -0.4 is 14.8 Å². The molecule has 0 spiro atoms. The molecule has 1 rings (SSSR count). The van der Waals surface area contributed by atoms with Crippen molar-refractivity contribution in [1.82, 2.24) is 5.32 Å². The van der Waals surface area contributed by atoms with E-state index in [1.807, 2.05) is 12.1 Å². The van der Waals surface area contributed by atoms with Crippen LogP contribution in [0.3, 0.4) is 0 Å². The third kappa shape index (κ3) is 5.13. The fraction of sp³-hybridized carbons (Fsp3) is 0.467. The predicted molar refractivity (Wildman–Crippen MR) is 80.3 cm³/mol. The molecule has 1 N–H and O–H groups in total. The fourth-order valence-electron chi connectivity index (χ4n) is 1.58. The molecule has 0 saturated carbocycles. The van der Waals surface area contributed by atoms with Gasteiger partial charge < -0.3 is 14.8 Å². The van der Waals surface area contributed by atoms with Crippen molar-refractivity contribution in [2.24, 2.45) is 0 Å². The van der Waals surface area contributed by atoms with Crippen LogP contribution in [0.5, 0.6) is 11.5 Å². The van der Waals surface area contributed by atoms with Crippen LogP contribution in [0.25, 0.3) is 0 Å². The van der Waals surface area contributed by atoms with Crippen LogP contribution in [0.1, 0.15) is 25.8 Å². The lowest BCUT2D eigenvalue weighted by molar-refractivity contribution is 0.300. The monoisotopic (exact) mass is 283 g/mol. The summed E-state index contributed by atoms with van der Waals surface area (Å²) in [6.45, 7) is 9.16. The van der Waals surface area contributed by atoms with Crippen LogP contribution in [-0.4, -0.2) is 19.8 Å². The van der Waals surface area contributed by atoms with E-state index in [-0.39, 0.29) is 0 Å². The third-order valence-electron chi connectivity index (χ3n) is 2.57. The van der Waals surface area contributed by atoms with Crippen molar-refractivity contribution in [3.63, 3.8) is 0 Å². The van der Waals surface area contributed by atoms with Crippen LogP contribution in [0.15, 0.2) is 24.8 Å². The van der Waals surface area contributed by atoms with Gasteiger partial charge in [0.2, 0.25) is 0 Å². The first-order valence-electron chi connectivity index (χ1n) is 6.42. The smallest absolute Gasteiger partial charge is 0.179 e. The Morgan fingerprint density at radius 1 is 1.42 bits per heavy atom. The van der Waals surface area contributed by atoms with Gasteiger partial charge in [0.15, 0.2) is 11.5 Å². The minimum atomic E-state index is 0.424. The van der Waals surface area contributed by atoms with Gasteiger partial charge in [-0.3, -0.25) is 0 Å². The predicted octanol–water partition coefficient (Wildman–Crippen LogP) is 3.80. The number of halogens is 1. The Morgan fingerprint density at radius 3 is 2.74 bits per heavy atom. The molecule has 0 amide bonds. The summed E-state index contributed by atoms with van der Waals surface area (Å²) >= 11 is 6.25. The maximum Gasteiger partial charge on any atom is 0.179 e. The molecule has 0 radical (unpaired) electrons. The minimum Gasteiger partial charge on any atom is -0.493 e. The second-order valence-corrected chi connectivity index (χ2v) is 4.98. The highest BCUT2D eigenvalue weighted by Gasteiger charge is 2.12. The Balaban J connectivity index is 2.84. The van der Waals surface area contributed by atoms with Gasteiger partial charge in [-0.1, -0.05) is 31.5 Å². The molecule has 1 aromatic rings. The first-order valence-corrected chi connectivity index (χ1v) is 6.79. The average molecular weight is 284 g/mol. The normalized spacial score (nSPS) is 10.6. The Morgan fingerprint density at radius 2 is 2.16 bits per heavy atom. The fourth-order valence-corrected chi connectivity index (χ4v) is 1.87. The van der Waals surface area contributed by atoms with Gasteiger partial charge in [-0.25, -0.2) is 0 Å². The first-order chi connectivity index (χ1) is 9.08. The van der Waals surface area contributed by atoms with Crippen molar-refractivity contribution < 1.29 is 9.47 Å². The number of nitrogens with one attached hydrogen (secondary N) is 1. The number of rotatable bonds is 8. The lowest BCUT2D eigenvalue weighted by Crippen LogP contribution is -2.21. The molecule has 0 fully saturated rings. The number of hydrogen-bond acceptors (Lipinski definition) is 3. The quantitative estimate of drug-likeness (QED) is 0.581. The lowest BCUT2D eigenvalue weighted by atomic mass is 10.2. The molecular weight excluding hydrogens is 262 g/mol. The number of methoxy groups -OCH3 is 1. The molecule has 4 heteroatoms. The molecule has 19 heavy (non-hydrogen) atoms. The first kappa shape index (κ1) is 15.9. The van der Waals surface area contributed by atoms with Crippen molar-refractivity contribution in [1.29, 1.82) is 0 Å². The maximum absolute atomic E-state index is 6.25. The summed E-state index contributed by atoms with van der Waals surface area (Å²) in [7, 11) is 1.62. The molecule has 0 aliphatic heterocycles. The van der Waals surface area contributed by atoms with Crippen LogP contribution >= 0.6 is 11.6 Å². The molecule has 0 heterocycles. The molecule has 0 saturated heterocycles. The van der Waals surface area contributed by atoms with Gasteiger partial charge in [-0.15, -0.1) is 6.58 Å². The summed E-state index contributed by atoms with van der Waals surface area (Å²) < 4.78 is 11.0. The van der Waals surface area contributed by atoms with Gasteiger partial charge in [0, 0.05) is 12.6 Å². The highest BCUT2D eigenvalue weighted by atomic mass is 35.5. The standard InChI is InChI=1S/C15H22ClNO2/c1-5-6-7-19-15-13(16)8-12(9-14(15)18-4)10-17-11(2)3/h5,8-9,11,17H,1,6-7,10H2,2-4H3. The van der Waals surface area contributed by atoms with Gasteiger partial charge in [0.25, 0.3) is 0 Å². The Kier molecular flexibility index (Phi) is 6.74. The Bertz CT molecular complexity index is 419. The van der Waals surface area contributed by atoms with Crippen molar-refractivity contribution in [2.75, 3.05) is 13.7 Å². The average Bonchev–Trinajstić information content (AvgIpc) is 2.38. The number of ether oxygens (including phenoxy) is 2. The molecule has 106 valence electrons. The highest BCUT2D eigenvalue weighted by Crippen LogP contribution is 2.36. The van der Waals surface area contributed by atoms with E-state index in [2.05, 4.69) is 25.7 Å². The van der Waals surface area contributed by atoms with Crippen LogP contribution in [0.2, 0.25) is 5.02 Å². The van der Waals surface area contributed by atoms with E-state index in [1.165, 1.54) is 0 Å². The van der Waals surface area contributed by atoms with E-state index in [0.29, 0.717) is 29.2 Å². The summed E-state index contributed by atoms with van der Waals surface area (Å²) in [5.41, 5.74) is 1.08. The highest BCUT2D eigenvalue weighted by molar-refractivity contribution is 6.32. The number of benzene rings is 1. The van der Waals surface area contributed by atoms with Gasteiger partial charge >= 0.3 is 0 Å². The molecule has 0 atom stereocenters. The van der Waals surface area contributed by atoms with Crippen molar-refractivity contribution in [3.8, 4) is 11.5 Å². The summed E-state index contributed by atoms with van der Waals surface area (Å²) in [5, 5.41) is 3.92. The van der Waals surface area contributed by atoms with Gasteiger partial charge in [0.1, 0.15) is 0 Å². The van der Waals surface area contributed by atoms with Crippen molar-refractivity contribution in [2.45, 2.75) is 32.9 Å². The minimum absolute atomic E-state index is 0.424. The van der Waals surface area contributed by atoms with Gasteiger partial charge in [-0.2, -0.15) is 0 Å². The van der Waals surface area contributed by atoms with Crippen molar-refractivity contribution in [3.05, 3.63) is 35.4 Å². The molecule has 0 aliphatic carbocycles. The van der Waals surface area contributed by atoms with E-state index in [1.54, 1.807) is 13.2 Å². The van der Waals surface area contributed by atoms with E-state index in [0.717, 1.165) is 18.5 Å². The molecular formula is C15H22ClNO2. The largest absolute Gasteiger partial charge is 0.493 e. The summed E-state index contributed by atoms with van der Waals surface area (Å²) in [4.78, 5) is 0. The van der Waals surface area contributed by atoms with E-state index >= 15 is 0 Å². The number of hydrogen-bond donors (Lipinski definition) is 1. The molecule has 0 aliphatic rings. The Labute approximate surface area is 120 Å². The van der Waals surface area contributed by atoms with Crippen molar-refractivity contribution >= 4 is 11.6 Å². The van der Waals surface area contributed by atoms with Gasteiger partial charge in [-0.05, 0) is 24.1 Å². The molecule has 1 aromatic carbocycles. The summed E-state index contributed by atoms with van der Waals surface area (Å²) in [6, 6.07) is 4.28. The van der Waals surface area contributed by atoms with E-state index in [9.17, 15) is 0 Å². The lowest BCUT2D eigenvalue weighted by Gasteiger charge is -2.15.